The van der Waals surface area contributed by atoms with Gasteiger partial charge >= 0.3 is 5.97 Å². The van der Waals surface area contributed by atoms with Crippen LogP contribution in [0.4, 0.5) is 0 Å². The highest BCUT2D eigenvalue weighted by molar-refractivity contribution is 8.00. The van der Waals surface area contributed by atoms with Crippen LogP contribution < -0.4 is 5.32 Å². The van der Waals surface area contributed by atoms with Gasteiger partial charge < -0.3 is 30.6 Å². The standard InChI is InChI=1S/C10H19NO7S/c12-2-6(14)9(16)8(15)5(13)1-7-11-4(3-19-7)10(17)18/h4-9,11-16H,1-3H2,(H,17,18)/t4-,5+,6+,7?,8+,9+/m0/s1. The molecule has 0 aromatic carbocycles. The lowest BCUT2D eigenvalue weighted by Gasteiger charge is -2.27. The first kappa shape index (κ1) is 16.6. The second-order valence-corrected chi connectivity index (χ2v) is 5.65. The highest BCUT2D eigenvalue weighted by Gasteiger charge is 2.35. The molecule has 1 aliphatic heterocycles. The van der Waals surface area contributed by atoms with Crippen LogP contribution in [0.2, 0.25) is 0 Å². The molecule has 19 heavy (non-hydrogen) atoms. The van der Waals surface area contributed by atoms with Crippen molar-refractivity contribution in [3.63, 3.8) is 0 Å². The smallest absolute Gasteiger partial charge is 0.321 e. The molecule has 1 unspecified atom stereocenters. The summed E-state index contributed by atoms with van der Waals surface area (Å²) in [5.41, 5.74) is 0. The van der Waals surface area contributed by atoms with Gasteiger partial charge in [-0.3, -0.25) is 10.1 Å². The van der Waals surface area contributed by atoms with E-state index in [2.05, 4.69) is 5.32 Å². The second kappa shape index (κ2) is 7.39. The largest absolute Gasteiger partial charge is 0.480 e. The second-order valence-electron chi connectivity index (χ2n) is 4.41. The molecule has 0 radical (unpaired) electrons. The van der Waals surface area contributed by atoms with Crippen molar-refractivity contribution < 1.29 is 35.4 Å². The molecule has 1 heterocycles. The number of hydrogen-bond acceptors (Lipinski definition) is 8. The van der Waals surface area contributed by atoms with E-state index in [4.69, 9.17) is 15.3 Å². The van der Waals surface area contributed by atoms with Gasteiger partial charge in [-0.05, 0) is 0 Å². The fraction of sp³-hybridized carbons (Fsp3) is 0.900. The molecule has 7 N–H and O–H groups in total. The van der Waals surface area contributed by atoms with Crippen LogP contribution in [0.25, 0.3) is 0 Å². The Kier molecular flexibility index (Phi) is 6.47. The number of rotatable bonds is 7. The van der Waals surface area contributed by atoms with Crippen LogP contribution in [0.5, 0.6) is 0 Å². The lowest BCUT2D eigenvalue weighted by Crippen LogP contribution is -2.47. The van der Waals surface area contributed by atoms with Crippen molar-refractivity contribution in [3.05, 3.63) is 0 Å². The van der Waals surface area contributed by atoms with Crippen molar-refractivity contribution in [2.45, 2.75) is 42.3 Å². The van der Waals surface area contributed by atoms with Crippen LogP contribution in [0, 0.1) is 0 Å². The first-order valence-corrected chi connectivity index (χ1v) is 6.85. The Morgan fingerprint density at radius 1 is 1.21 bits per heavy atom. The summed E-state index contributed by atoms with van der Waals surface area (Å²) in [6.07, 6.45) is -6.14. The summed E-state index contributed by atoms with van der Waals surface area (Å²) in [6, 6.07) is -0.702. The number of aliphatic carboxylic acids is 1. The minimum absolute atomic E-state index is 0.0187. The van der Waals surface area contributed by atoms with E-state index >= 15 is 0 Å². The lowest BCUT2D eigenvalue weighted by atomic mass is 10.0. The van der Waals surface area contributed by atoms with Crippen LogP contribution >= 0.6 is 11.8 Å². The fourth-order valence-corrected chi connectivity index (χ4v) is 2.99. The van der Waals surface area contributed by atoms with Crippen molar-refractivity contribution in [1.29, 1.82) is 0 Å². The van der Waals surface area contributed by atoms with Crippen LogP contribution in [-0.4, -0.2) is 84.8 Å². The third-order valence-corrected chi connectivity index (χ3v) is 4.19. The van der Waals surface area contributed by atoms with Crippen LogP contribution in [-0.2, 0) is 4.79 Å². The van der Waals surface area contributed by atoms with E-state index < -0.39 is 43.0 Å². The van der Waals surface area contributed by atoms with Crippen LogP contribution in [0.15, 0.2) is 0 Å². The summed E-state index contributed by atoms with van der Waals surface area (Å²) in [6.45, 7) is -0.734. The number of nitrogens with one attached hydrogen (secondary N) is 1. The number of thioether (sulfide) groups is 1. The van der Waals surface area contributed by atoms with Gasteiger partial charge in [-0.1, -0.05) is 0 Å². The lowest BCUT2D eigenvalue weighted by molar-refractivity contribution is -0.138. The Balaban J connectivity index is 2.42. The molecule has 9 heteroatoms. The van der Waals surface area contributed by atoms with E-state index in [1.807, 2.05) is 0 Å². The van der Waals surface area contributed by atoms with Gasteiger partial charge in [0.25, 0.3) is 0 Å². The number of hydrogen-bond donors (Lipinski definition) is 7. The molecule has 1 fully saturated rings. The number of aliphatic hydroxyl groups excluding tert-OH is 5. The van der Waals surface area contributed by atoms with E-state index in [0.29, 0.717) is 5.75 Å². The highest BCUT2D eigenvalue weighted by atomic mass is 32.2. The van der Waals surface area contributed by atoms with Crippen molar-refractivity contribution in [2.75, 3.05) is 12.4 Å². The van der Waals surface area contributed by atoms with Gasteiger partial charge in [0, 0.05) is 12.2 Å². The molecule has 1 aliphatic rings. The Hall–Kier alpha value is -0.420. The first-order valence-electron chi connectivity index (χ1n) is 5.80. The quantitative estimate of drug-likeness (QED) is 0.259. The van der Waals surface area contributed by atoms with Crippen molar-refractivity contribution >= 4 is 17.7 Å². The van der Waals surface area contributed by atoms with E-state index in [9.17, 15) is 20.1 Å². The van der Waals surface area contributed by atoms with E-state index in [1.165, 1.54) is 11.8 Å². The minimum Gasteiger partial charge on any atom is -0.480 e. The molecule has 1 saturated heterocycles. The first-order chi connectivity index (χ1) is 8.86. The van der Waals surface area contributed by atoms with Gasteiger partial charge in [0.2, 0.25) is 0 Å². The fourth-order valence-electron chi connectivity index (χ4n) is 1.73. The summed E-state index contributed by atoms with van der Waals surface area (Å²) in [4.78, 5) is 10.7. The molecule has 6 atom stereocenters. The number of carbonyl (C=O) groups is 1. The highest BCUT2D eigenvalue weighted by Crippen LogP contribution is 2.24. The molecular weight excluding hydrogens is 278 g/mol. The maximum atomic E-state index is 10.7. The predicted molar refractivity (Wildman–Crippen MR) is 66.5 cm³/mol. The van der Waals surface area contributed by atoms with Gasteiger partial charge in [-0.25, -0.2) is 0 Å². The molecule has 0 amide bonds. The maximum Gasteiger partial charge on any atom is 0.321 e. The molecule has 0 aliphatic carbocycles. The van der Waals surface area contributed by atoms with Crippen LogP contribution in [0.3, 0.4) is 0 Å². The molecular formula is C10H19NO7S. The third kappa shape index (κ3) is 4.56. The SMILES string of the molecule is O=C(O)[C@@H]1CSC(C[C@@H](O)[C@@H](O)[C@H](O)[C@H](O)CO)N1. The monoisotopic (exact) mass is 297 g/mol. The number of carboxylic acids is 1. The van der Waals surface area contributed by atoms with Gasteiger partial charge in [0.1, 0.15) is 24.4 Å². The zero-order valence-electron chi connectivity index (χ0n) is 10.1. The molecule has 0 saturated carbocycles. The third-order valence-electron chi connectivity index (χ3n) is 2.93. The van der Waals surface area contributed by atoms with Gasteiger partial charge in [-0.2, -0.15) is 0 Å². The van der Waals surface area contributed by atoms with E-state index in [-0.39, 0.29) is 11.8 Å². The number of carboxylic acid groups (broad SMARTS) is 1. The Morgan fingerprint density at radius 3 is 2.26 bits per heavy atom. The zero-order chi connectivity index (χ0) is 14.6. The molecule has 0 spiro atoms. The van der Waals surface area contributed by atoms with Gasteiger partial charge in [0.05, 0.1) is 18.1 Å². The summed E-state index contributed by atoms with van der Waals surface area (Å²) in [5, 5.41) is 57.7. The van der Waals surface area contributed by atoms with Crippen LogP contribution in [0.1, 0.15) is 6.42 Å². The minimum atomic E-state index is -1.67. The van der Waals surface area contributed by atoms with E-state index in [1.54, 1.807) is 0 Å². The molecule has 1 rings (SSSR count). The molecule has 0 bridgehead atoms. The van der Waals surface area contributed by atoms with Crippen molar-refractivity contribution in [3.8, 4) is 0 Å². The summed E-state index contributed by atoms with van der Waals surface area (Å²) in [7, 11) is 0. The van der Waals surface area contributed by atoms with Gasteiger partial charge in [0.15, 0.2) is 0 Å². The number of aliphatic hydroxyl groups is 5. The Morgan fingerprint density at radius 2 is 1.79 bits per heavy atom. The summed E-state index contributed by atoms with van der Waals surface area (Å²) in [5.74, 6) is -0.634. The average Bonchev–Trinajstić information content (AvgIpc) is 2.84. The normalized spacial score (nSPS) is 29.7. The molecule has 8 nitrogen and oxygen atoms in total. The topological polar surface area (TPSA) is 150 Å². The van der Waals surface area contributed by atoms with Crippen molar-refractivity contribution in [2.24, 2.45) is 0 Å². The Labute approximate surface area is 114 Å². The summed E-state index contributed by atoms with van der Waals surface area (Å²) >= 11 is 1.29. The maximum absolute atomic E-state index is 10.7. The average molecular weight is 297 g/mol. The Bertz CT molecular complexity index is 306. The summed E-state index contributed by atoms with van der Waals surface area (Å²) < 4.78 is 0. The molecule has 0 aromatic heterocycles. The van der Waals surface area contributed by atoms with Gasteiger partial charge in [-0.15, -0.1) is 11.8 Å². The predicted octanol–water partition coefficient (Wildman–Crippen LogP) is -3.07. The van der Waals surface area contributed by atoms with Crippen molar-refractivity contribution in [1.82, 2.24) is 5.32 Å². The zero-order valence-corrected chi connectivity index (χ0v) is 10.9. The molecule has 0 aromatic rings. The molecule has 112 valence electrons. The van der Waals surface area contributed by atoms with E-state index in [0.717, 1.165) is 0 Å².